The lowest BCUT2D eigenvalue weighted by molar-refractivity contribution is 0.488. The average molecular weight is 149 g/mol. The fraction of sp³-hybridized carbons (Fsp3) is 0.700. The molecule has 1 heteroatoms. The van der Waals surface area contributed by atoms with Crippen molar-refractivity contribution in [2.24, 2.45) is 16.8 Å². The third-order valence-corrected chi connectivity index (χ3v) is 2.77. The van der Waals surface area contributed by atoms with Gasteiger partial charge in [-0.15, -0.1) is 0 Å². The largest absolute Gasteiger partial charge is 0.290 e. The van der Waals surface area contributed by atoms with Crippen molar-refractivity contribution in [1.29, 1.82) is 0 Å². The molecule has 11 heavy (non-hydrogen) atoms. The first-order valence-electron chi connectivity index (χ1n) is 4.58. The van der Waals surface area contributed by atoms with Crippen LogP contribution in [-0.2, 0) is 0 Å². The Kier molecular flexibility index (Phi) is 1.59. The van der Waals surface area contributed by atoms with Gasteiger partial charge in [-0.05, 0) is 13.3 Å². The highest BCUT2D eigenvalue weighted by Crippen LogP contribution is 2.38. The third-order valence-electron chi connectivity index (χ3n) is 2.77. The van der Waals surface area contributed by atoms with E-state index in [2.05, 4.69) is 31.0 Å². The Morgan fingerprint density at radius 3 is 2.73 bits per heavy atom. The van der Waals surface area contributed by atoms with Crippen LogP contribution >= 0.6 is 0 Å². The molecule has 1 aliphatic heterocycles. The van der Waals surface area contributed by atoms with Gasteiger partial charge in [-0.1, -0.05) is 25.5 Å². The smallest absolute Gasteiger partial charge is 0.0543 e. The molecule has 1 heterocycles. The maximum Gasteiger partial charge on any atom is 0.0543 e. The summed E-state index contributed by atoms with van der Waals surface area (Å²) in [4.78, 5) is 4.66. The van der Waals surface area contributed by atoms with Crippen LogP contribution in [0.15, 0.2) is 17.1 Å². The van der Waals surface area contributed by atoms with Crippen molar-refractivity contribution in [1.82, 2.24) is 0 Å². The minimum Gasteiger partial charge on any atom is -0.290 e. The second-order valence-electron chi connectivity index (χ2n) is 3.60. The van der Waals surface area contributed by atoms with Crippen molar-refractivity contribution < 1.29 is 0 Å². The molecule has 0 aromatic heterocycles. The van der Waals surface area contributed by atoms with E-state index in [9.17, 15) is 0 Å². The third kappa shape index (κ3) is 0.943. The number of hydrogen-bond donors (Lipinski definition) is 0. The normalized spacial score (nSPS) is 39.8. The van der Waals surface area contributed by atoms with Gasteiger partial charge in [0.1, 0.15) is 0 Å². The molecule has 60 valence electrons. The second-order valence-corrected chi connectivity index (χ2v) is 3.60. The first kappa shape index (κ1) is 7.08. The molecule has 3 atom stereocenters. The van der Waals surface area contributed by atoms with E-state index in [4.69, 9.17) is 0 Å². The highest BCUT2D eigenvalue weighted by atomic mass is 14.9. The quantitative estimate of drug-likeness (QED) is 0.535. The van der Waals surface area contributed by atoms with Gasteiger partial charge in [-0.2, -0.15) is 0 Å². The van der Waals surface area contributed by atoms with Crippen LogP contribution in [0.25, 0.3) is 0 Å². The first-order chi connectivity index (χ1) is 5.33. The van der Waals surface area contributed by atoms with E-state index in [1.54, 1.807) is 0 Å². The predicted molar refractivity (Wildman–Crippen MR) is 47.9 cm³/mol. The lowest BCUT2D eigenvalue weighted by atomic mass is 9.77. The Hall–Kier alpha value is -0.590. The summed E-state index contributed by atoms with van der Waals surface area (Å²) in [6.45, 7) is 4.45. The lowest BCUT2D eigenvalue weighted by Crippen LogP contribution is -2.25. The van der Waals surface area contributed by atoms with Crippen LogP contribution < -0.4 is 0 Å². The van der Waals surface area contributed by atoms with Crippen LogP contribution in [-0.4, -0.2) is 11.8 Å². The Bertz CT molecular complexity index is 215. The molecular formula is C10H15N. The number of allylic oxidation sites excluding steroid dienone is 1. The van der Waals surface area contributed by atoms with E-state index in [0.717, 1.165) is 11.8 Å². The van der Waals surface area contributed by atoms with Crippen molar-refractivity contribution >= 4 is 5.71 Å². The first-order valence-corrected chi connectivity index (χ1v) is 4.58. The summed E-state index contributed by atoms with van der Waals surface area (Å²) >= 11 is 0. The summed E-state index contributed by atoms with van der Waals surface area (Å²) in [5.74, 6) is 1.49. The monoisotopic (exact) mass is 149 g/mol. The van der Waals surface area contributed by atoms with Crippen molar-refractivity contribution in [2.75, 3.05) is 0 Å². The molecule has 0 aromatic rings. The van der Waals surface area contributed by atoms with Crippen LogP contribution in [0.5, 0.6) is 0 Å². The van der Waals surface area contributed by atoms with Crippen molar-refractivity contribution in [3.63, 3.8) is 0 Å². The van der Waals surface area contributed by atoms with E-state index in [1.165, 1.54) is 18.6 Å². The topological polar surface area (TPSA) is 12.4 Å². The summed E-state index contributed by atoms with van der Waals surface area (Å²) < 4.78 is 0. The van der Waals surface area contributed by atoms with Crippen molar-refractivity contribution in [3.8, 4) is 0 Å². The van der Waals surface area contributed by atoms with Gasteiger partial charge in [0, 0.05) is 17.5 Å². The Labute approximate surface area is 68.2 Å². The highest BCUT2D eigenvalue weighted by molar-refractivity contribution is 5.92. The van der Waals surface area contributed by atoms with Crippen molar-refractivity contribution in [3.05, 3.63) is 12.2 Å². The highest BCUT2D eigenvalue weighted by Gasteiger charge is 2.37. The minimum absolute atomic E-state index is 0.562. The maximum atomic E-state index is 4.66. The minimum atomic E-state index is 0.562. The predicted octanol–water partition coefficient (Wildman–Crippen LogP) is 2.43. The number of rotatable bonds is 2. The zero-order chi connectivity index (χ0) is 7.84. The van der Waals surface area contributed by atoms with E-state index < -0.39 is 0 Å². The molecule has 2 rings (SSSR count). The van der Waals surface area contributed by atoms with Gasteiger partial charge in [0.05, 0.1) is 6.04 Å². The molecule has 0 aromatic carbocycles. The Morgan fingerprint density at radius 2 is 2.27 bits per heavy atom. The van der Waals surface area contributed by atoms with Gasteiger partial charge in [-0.3, -0.25) is 4.99 Å². The van der Waals surface area contributed by atoms with Crippen LogP contribution in [0, 0.1) is 11.8 Å². The summed E-state index contributed by atoms with van der Waals surface area (Å²) in [7, 11) is 0. The van der Waals surface area contributed by atoms with Gasteiger partial charge in [-0.25, -0.2) is 0 Å². The number of fused-ring (bicyclic) bond motifs is 1. The number of hydrogen-bond acceptors (Lipinski definition) is 1. The second kappa shape index (κ2) is 2.47. The summed E-state index contributed by atoms with van der Waals surface area (Å²) in [5, 5.41) is 0. The molecule has 2 aliphatic rings. The van der Waals surface area contributed by atoms with Gasteiger partial charge < -0.3 is 0 Å². The standard InChI is InChI=1S/C10H15N/c1-3-4-10-9-6-5-8(9)7(2)11-10/h5-9H,3-4H2,1-2H3/t7?,8-,9-/m0/s1. The summed E-state index contributed by atoms with van der Waals surface area (Å²) in [6.07, 6.45) is 7.06. The van der Waals surface area contributed by atoms with E-state index in [-0.39, 0.29) is 0 Å². The van der Waals surface area contributed by atoms with Crippen molar-refractivity contribution in [2.45, 2.75) is 32.7 Å². The number of nitrogens with zero attached hydrogens (tertiary/aromatic N) is 1. The zero-order valence-corrected chi connectivity index (χ0v) is 7.25. The van der Waals surface area contributed by atoms with Crippen LogP contribution in [0.4, 0.5) is 0 Å². The van der Waals surface area contributed by atoms with E-state index in [1.807, 2.05) is 0 Å². The Morgan fingerprint density at radius 1 is 1.45 bits per heavy atom. The SMILES string of the molecule is CCCC1=NC(C)[C@@H]2C=C[C@H]12. The maximum absolute atomic E-state index is 4.66. The summed E-state index contributed by atoms with van der Waals surface area (Å²) in [5.41, 5.74) is 1.45. The molecule has 0 bridgehead atoms. The lowest BCUT2D eigenvalue weighted by Gasteiger charge is -2.25. The van der Waals surface area contributed by atoms with E-state index in [0.29, 0.717) is 6.04 Å². The molecule has 0 fully saturated rings. The summed E-state index contributed by atoms with van der Waals surface area (Å²) in [6, 6.07) is 0.562. The molecular weight excluding hydrogens is 134 g/mol. The molecule has 0 radical (unpaired) electrons. The van der Waals surface area contributed by atoms with Gasteiger partial charge in [0.2, 0.25) is 0 Å². The molecule has 0 amide bonds. The molecule has 1 unspecified atom stereocenters. The average Bonchev–Trinajstić information content (AvgIpc) is 2.02. The molecule has 1 aliphatic carbocycles. The van der Waals surface area contributed by atoms with Gasteiger partial charge in [0.15, 0.2) is 0 Å². The van der Waals surface area contributed by atoms with Gasteiger partial charge in [0.25, 0.3) is 0 Å². The molecule has 0 saturated carbocycles. The Balaban J connectivity index is 2.10. The molecule has 0 spiro atoms. The van der Waals surface area contributed by atoms with Crippen LogP contribution in [0.3, 0.4) is 0 Å². The fourth-order valence-electron chi connectivity index (χ4n) is 2.07. The van der Waals surface area contributed by atoms with Gasteiger partial charge >= 0.3 is 0 Å². The fourth-order valence-corrected chi connectivity index (χ4v) is 2.07. The van der Waals surface area contributed by atoms with Crippen LogP contribution in [0.1, 0.15) is 26.7 Å². The zero-order valence-electron chi connectivity index (χ0n) is 7.25. The number of aliphatic imine (C=N–C) groups is 1. The van der Waals surface area contributed by atoms with E-state index >= 15 is 0 Å². The molecule has 1 nitrogen and oxygen atoms in total. The molecule has 0 saturated heterocycles. The van der Waals surface area contributed by atoms with Crippen LogP contribution in [0.2, 0.25) is 0 Å². The molecule has 0 N–H and O–H groups in total.